The number of carboxylic acid groups (broad SMARTS) is 3. The molecular weight excluding hydrogens is 384 g/mol. The zero-order valence-electron chi connectivity index (χ0n) is 16.6. The molecule has 0 spiro atoms. The number of rotatable bonds is 15. The van der Waals surface area contributed by atoms with Crippen LogP contribution in [0.1, 0.15) is 71.1 Å². The maximum Gasteiger partial charge on any atom is 0.337 e. The van der Waals surface area contributed by atoms with Crippen molar-refractivity contribution in [3.63, 3.8) is 0 Å². The van der Waals surface area contributed by atoms with Crippen molar-refractivity contribution in [2.75, 3.05) is 0 Å². The van der Waals surface area contributed by atoms with E-state index in [4.69, 9.17) is 9.84 Å². The van der Waals surface area contributed by atoms with Crippen LogP contribution in [-0.2, 0) is 23.9 Å². The zero-order chi connectivity index (χ0) is 22.0. The quantitative estimate of drug-likeness (QED) is 0.295. The van der Waals surface area contributed by atoms with Crippen molar-refractivity contribution in [1.82, 2.24) is 0 Å². The predicted octanol–water partition coefficient (Wildman–Crippen LogP) is 2.36. The van der Waals surface area contributed by atoms with Crippen LogP contribution in [0.15, 0.2) is 11.8 Å². The van der Waals surface area contributed by atoms with E-state index >= 15 is 0 Å². The van der Waals surface area contributed by atoms with Crippen LogP contribution < -0.4 is 0 Å². The number of carboxylic acids is 3. The fourth-order valence-corrected chi connectivity index (χ4v) is 3.40. The molecule has 3 atom stereocenters. The molecule has 0 aromatic rings. The topological polar surface area (TPSA) is 158 Å². The molecule has 1 heterocycles. The Morgan fingerprint density at radius 1 is 1.07 bits per heavy atom. The third-order valence-corrected chi connectivity index (χ3v) is 5.15. The van der Waals surface area contributed by atoms with Gasteiger partial charge in [-0.25, -0.2) is 4.79 Å². The van der Waals surface area contributed by atoms with E-state index in [-0.39, 0.29) is 0 Å². The molecule has 0 saturated heterocycles. The van der Waals surface area contributed by atoms with E-state index < -0.39 is 54.2 Å². The van der Waals surface area contributed by atoms with Gasteiger partial charge in [0.2, 0.25) is 5.78 Å². The van der Waals surface area contributed by atoms with Gasteiger partial charge < -0.3 is 25.2 Å². The summed E-state index contributed by atoms with van der Waals surface area (Å²) in [4.78, 5) is 46.3. The van der Waals surface area contributed by atoms with Crippen LogP contribution in [0.25, 0.3) is 0 Å². The average Bonchev–Trinajstić information content (AvgIpc) is 2.97. The Bertz CT molecular complexity index is 640. The van der Waals surface area contributed by atoms with E-state index in [1.165, 1.54) is 25.5 Å². The summed E-state index contributed by atoms with van der Waals surface area (Å²) in [5.41, 5.74) is -2.66. The van der Waals surface area contributed by atoms with E-state index in [0.717, 1.165) is 25.7 Å². The Labute approximate surface area is 169 Å². The van der Waals surface area contributed by atoms with Crippen LogP contribution in [0.2, 0.25) is 0 Å². The average molecular weight is 414 g/mol. The number of carbonyl (C=O) groups excluding carboxylic acids is 1. The van der Waals surface area contributed by atoms with E-state index in [1.807, 2.05) is 0 Å². The molecule has 9 nitrogen and oxygen atoms in total. The molecule has 1 aliphatic heterocycles. The molecule has 1 aliphatic rings. The number of carbonyl (C=O) groups is 4. The molecule has 0 bridgehead atoms. The van der Waals surface area contributed by atoms with Crippen LogP contribution in [0, 0.1) is 5.92 Å². The normalized spacial score (nSPS) is 19.2. The SMILES string of the molecule is CCCCCCCCCC1=COC(CC(C(=O)O)C(O)(CC(=O)O)C(=O)O)C1=O. The van der Waals surface area contributed by atoms with Crippen molar-refractivity contribution in [3.05, 3.63) is 11.8 Å². The number of hydrogen-bond acceptors (Lipinski definition) is 6. The highest BCUT2D eigenvalue weighted by atomic mass is 16.5. The Hall–Kier alpha value is -2.42. The lowest BCUT2D eigenvalue weighted by molar-refractivity contribution is -0.180. The smallest absolute Gasteiger partial charge is 0.337 e. The molecule has 4 N–H and O–H groups in total. The molecular formula is C20H30O9. The first-order chi connectivity index (χ1) is 13.6. The summed E-state index contributed by atoms with van der Waals surface area (Å²) >= 11 is 0. The van der Waals surface area contributed by atoms with E-state index in [1.54, 1.807) is 0 Å². The van der Waals surface area contributed by atoms with Crippen molar-refractivity contribution in [1.29, 1.82) is 0 Å². The first kappa shape index (κ1) is 24.6. The molecule has 0 aromatic heterocycles. The lowest BCUT2D eigenvalue weighted by atomic mass is 9.80. The zero-order valence-corrected chi connectivity index (χ0v) is 16.6. The summed E-state index contributed by atoms with van der Waals surface area (Å²) < 4.78 is 5.22. The number of unbranched alkanes of at least 4 members (excludes halogenated alkanes) is 6. The third-order valence-electron chi connectivity index (χ3n) is 5.15. The van der Waals surface area contributed by atoms with Crippen molar-refractivity contribution in [2.24, 2.45) is 5.92 Å². The van der Waals surface area contributed by atoms with Crippen molar-refractivity contribution < 1.29 is 44.3 Å². The second kappa shape index (κ2) is 11.5. The third kappa shape index (κ3) is 7.16. The van der Waals surface area contributed by atoms with Crippen LogP contribution in [0.5, 0.6) is 0 Å². The molecule has 0 aromatic carbocycles. The Balaban J connectivity index is 2.64. The van der Waals surface area contributed by atoms with Gasteiger partial charge in [-0.15, -0.1) is 0 Å². The summed E-state index contributed by atoms with van der Waals surface area (Å²) in [7, 11) is 0. The van der Waals surface area contributed by atoms with E-state index in [9.17, 15) is 34.5 Å². The lowest BCUT2D eigenvalue weighted by Gasteiger charge is -2.29. The molecule has 29 heavy (non-hydrogen) atoms. The molecule has 3 unspecified atom stereocenters. The van der Waals surface area contributed by atoms with Crippen molar-refractivity contribution in [2.45, 2.75) is 82.8 Å². The van der Waals surface area contributed by atoms with Crippen molar-refractivity contribution in [3.8, 4) is 0 Å². The molecule has 0 amide bonds. The van der Waals surface area contributed by atoms with Crippen LogP contribution in [0.3, 0.4) is 0 Å². The van der Waals surface area contributed by atoms with Gasteiger partial charge in [0, 0.05) is 12.0 Å². The maximum absolute atomic E-state index is 12.5. The van der Waals surface area contributed by atoms with Crippen LogP contribution in [0.4, 0.5) is 0 Å². The van der Waals surface area contributed by atoms with Gasteiger partial charge in [0.1, 0.15) is 5.92 Å². The second-order valence-electron chi connectivity index (χ2n) is 7.43. The van der Waals surface area contributed by atoms with Gasteiger partial charge in [-0.2, -0.15) is 0 Å². The second-order valence-corrected chi connectivity index (χ2v) is 7.43. The standard InChI is InChI=1S/C20H30O9/c1-2-3-4-5-6-7-8-9-13-12-29-15(17(13)23)10-14(18(24)25)20(28,19(26)27)11-16(21)22/h12,14-15,28H,2-11H2,1H3,(H,21,22)(H,24,25)(H,26,27). The Morgan fingerprint density at radius 2 is 1.66 bits per heavy atom. The molecule has 0 saturated carbocycles. The summed E-state index contributed by atoms with van der Waals surface area (Å²) in [6, 6.07) is 0. The molecule has 1 rings (SSSR count). The predicted molar refractivity (Wildman–Crippen MR) is 101 cm³/mol. The molecule has 0 fully saturated rings. The number of hydrogen-bond donors (Lipinski definition) is 4. The monoisotopic (exact) mass is 414 g/mol. The number of aliphatic hydroxyl groups is 1. The minimum absolute atomic E-state index is 0.393. The summed E-state index contributed by atoms with van der Waals surface area (Å²) in [5, 5.41) is 37.6. The highest BCUT2D eigenvalue weighted by molar-refractivity contribution is 6.00. The minimum atomic E-state index is -3.05. The molecule has 0 aliphatic carbocycles. The first-order valence-electron chi connectivity index (χ1n) is 9.92. The van der Waals surface area contributed by atoms with Gasteiger partial charge in [0.25, 0.3) is 0 Å². The van der Waals surface area contributed by atoms with Gasteiger partial charge in [-0.3, -0.25) is 14.4 Å². The van der Waals surface area contributed by atoms with Gasteiger partial charge in [0.05, 0.1) is 12.7 Å². The summed E-state index contributed by atoms with van der Waals surface area (Å²) in [6.07, 6.45) is 6.01. The van der Waals surface area contributed by atoms with Gasteiger partial charge in [-0.05, 0) is 12.8 Å². The Morgan fingerprint density at radius 3 is 2.17 bits per heavy atom. The van der Waals surface area contributed by atoms with Crippen LogP contribution in [-0.4, -0.2) is 55.8 Å². The van der Waals surface area contributed by atoms with Crippen LogP contribution >= 0.6 is 0 Å². The van der Waals surface area contributed by atoms with E-state index in [2.05, 4.69) is 6.92 Å². The number of ketones is 1. The van der Waals surface area contributed by atoms with Gasteiger partial charge in [0.15, 0.2) is 11.7 Å². The Kier molecular flexibility index (Phi) is 9.80. The number of ether oxygens (including phenoxy) is 1. The molecule has 9 heteroatoms. The number of Topliss-reactive ketones (excluding diaryl/α,β-unsaturated/α-hetero) is 1. The summed E-state index contributed by atoms with van der Waals surface area (Å²) in [5.74, 6) is -7.83. The van der Waals surface area contributed by atoms with E-state index in [0.29, 0.717) is 12.0 Å². The molecule has 164 valence electrons. The number of aliphatic carboxylic acids is 3. The van der Waals surface area contributed by atoms with Gasteiger partial charge >= 0.3 is 17.9 Å². The van der Waals surface area contributed by atoms with Crippen molar-refractivity contribution >= 4 is 23.7 Å². The summed E-state index contributed by atoms with van der Waals surface area (Å²) in [6.45, 7) is 2.14. The highest BCUT2D eigenvalue weighted by Crippen LogP contribution is 2.31. The van der Waals surface area contributed by atoms with Gasteiger partial charge in [-0.1, -0.05) is 45.4 Å². The fourth-order valence-electron chi connectivity index (χ4n) is 3.40. The molecule has 0 radical (unpaired) electrons. The largest absolute Gasteiger partial charge is 0.489 e. The fraction of sp³-hybridized carbons (Fsp3) is 0.700. The lowest BCUT2D eigenvalue weighted by Crippen LogP contribution is -2.52. The maximum atomic E-state index is 12.5. The first-order valence-corrected chi connectivity index (χ1v) is 9.92. The minimum Gasteiger partial charge on any atom is -0.489 e. The highest BCUT2D eigenvalue weighted by Gasteiger charge is 2.52.